The van der Waals surface area contributed by atoms with Crippen molar-refractivity contribution in [2.75, 3.05) is 5.32 Å². The van der Waals surface area contributed by atoms with Crippen molar-refractivity contribution >= 4 is 5.69 Å². The molecule has 0 bridgehead atoms. The monoisotopic (exact) mass is 377 g/mol. The molecule has 0 radical (unpaired) electrons. The van der Waals surface area contributed by atoms with Gasteiger partial charge in [0.2, 0.25) is 0 Å². The Hall–Kier alpha value is -2.70. The number of anilines is 1. The number of benzene rings is 1. The molecule has 7 heteroatoms. The summed E-state index contributed by atoms with van der Waals surface area (Å²) in [6, 6.07) is 7.89. The second-order valence-corrected chi connectivity index (χ2v) is 6.49. The Labute approximate surface area is 156 Å². The van der Waals surface area contributed by atoms with E-state index in [1.54, 1.807) is 6.20 Å². The van der Waals surface area contributed by atoms with Crippen LogP contribution in [-0.4, -0.2) is 9.78 Å². The van der Waals surface area contributed by atoms with Crippen LogP contribution < -0.4 is 5.32 Å². The number of para-hydroxylation sites is 1. The van der Waals surface area contributed by atoms with Crippen LogP contribution in [0.25, 0.3) is 5.69 Å². The zero-order chi connectivity index (χ0) is 19.6. The third kappa shape index (κ3) is 3.86. The predicted octanol–water partition coefficient (Wildman–Crippen LogP) is 5.67. The van der Waals surface area contributed by atoms with Crippen LogP contribution in [-0.2, 0) is 19.1 Å². The van der Waals surface area contributed by atoms with Crippen LogP contribution in [0, 0.1) is 13.8 Å². The van der Waals surface area contributed by atoms with Gasteiger partial charge in [-0.25, -0.2) is 4.68 Å². The molecule has 2 aromatic heterocycles. The van der Waals surface area contributed by atoms with Crippen molar-refractivity contribution in [2.45, 2.75) is 46.3 Å². The number of nitrogens with one attached hydrogen (secondary N) is 1. The van der Waals surface area contributed by atoms with Crippen molar-refractivity contribution in [1.82, 2.24) is 9.78 Å². The standard InChI is InChI=1S/C20H22F3N3O/c1-4-7-19-17(11-25-26(19)18-9-6-5-8-13(18)2)24-10-15-14(3)27-12-16(15)20(21,22)23/h5-6,8-9,11-12,24H,4,7,10H2,1-3H3. The van der Waals surface area contributed by atoms with Gasteiger partial charge in [-0.05, 0) is 31.9 Å². The molecule has 0 amide bonds. The van der Waals surface area contributed by atoms with Crippen LogP contribution in [0.4, 0.5) is 18.9 Å². The van der Waals surface area contributed by atoms with Crippen molar-refractivity contribution in [2.24, 2.45) is 0 Å². The summed E-state index contributed by atoms with van der Waals surface area (Å²) in [5.41, 5.74) is 3.10. The van der Waals surface area contributed by atoms with E-state index in [1.165, 1.54) is 6.92 Å². The van der Waals surface area contributed by atoms with E-state index in [-0.39, 0.29) is 17.9 Å². The highest BCUT2D eigenvalue weighted by atomic mass is 19.4. The highest BCUT2D eigenvalue weighted by Crippen LogP contribution is 2.35. The van der Waals surface area contributed by atoms with Crippen molar-refractivity contribution in [1.29, 1.82) is 0 Å². The van der Waals surface area contributed by atoms with E-state index in [1.807, 2.05) is 35.9 Å². The summed E-state index contributed by atoms with van der Waals surface area (Å²) in [6.07, 6.45) is -0.347. The van der Waals surface area contributed by atoms with Crippen LogP contribution in [0.3, 0.4) is 0 Å². The quantitative estimate of drug-likeness (QED) is 0.602. The summed E-state index contributed by atoms with van der Waals surface area (Å²) in [7, 11) is 0. The third-order valence-corrected chi connectivity index (χ3v) is 4.56. The van der Waals surface area contributed by atoms with Crippen molar-refractivity contribution in [3.8, 4) is 5.69 Å². The second kappa shape index (κ2) is 7.50. The Kier molecular flexibility index (Phi) is 5.30. The second-order valence-electron chi connectivity index (χ2n) is 6.49. The minimum absolute atomic E-state index is 0.0212. The molecule has 3 aromatic rings. The van der Waals surface area contributed by atoms with Gasteiger partial charge in [-0.2, -0.15) is 18.3 Å². The lowest BCUT2D eigenvalue weighted by atomic mass is 10.1. The van der Waals surface area contributed by atoms with E-state index < -0.39 is 11.7 Å². The molecule has 0 aliphatic carbocycles. The van der Waals surface area contributed by atoms with Gasteiger partial charge in [-0.3, -0.25) is 0 Å². The molecule has 4 nitrogen and oxygen atoms in total. The summed E-state index contributed by atoms with van der Waals surface area (Å²) in [4.78, 5) is 0. The van der Waals surface area contributed by atoms with Gasteiger partial charge >= 0.3 is 6.18 Å². The highest BCUT2D eigenvalue weighted by Gasteiger charge is 2.36. The molecule has 0 spiro atoms. The van der Waals surface area contributed by atoms with Crippen LogP contribution in [0.1, 0.15) is 41.5 Å². The lowest BCUT2D eigenvalue weighted by molar-refractivity contribution is -0.138. The van der Waals surface area contributed by atoms with Crippen LogP contribution in [0.2, 0.25) is 0 Å². The molecule has 3 rings (SSSR count). The maximum atomic E-state index is 13.2. The molecule has 0 fully saturated rings. The average molecular weight is 377 g/mol. The van der Waals surface area contributed by atoms with E-state index in [4.69, 9.17) is 4.42 Å². The molecule has 1 aromatic carbocycles. The summed E-state index contributed by atoms with van der Waals surface area (Å²) < 4.78 is 46.3. The van der Waals surface area contributed by atoms with E-state index in [2.05, 4.69) is 17.3 Å². The molecule has 0 atom stereocenters. The fraction of sp³-hybridized carbons (Fsp3) is 0.350. The van der Waals surface area contributed by atoms with Gasteiger partial charge in [-0.1, -0.05) is 31.5 Å². The largest absolute Gasteiger partial charge is 0.469 e. The first-order valence-electron chi connectivity index (χ1n) is 8.83. The molecule has 1 N–H and O–H groups in total. The molecule has 27 heavy (non-hydrogen) atoms. The van der Waals surface area contributed by atoms with Gasteiger partial charge in [0.05, 0.1) is 28.8 Å². The Morgan fingerprint density at radius 2 is 1.93 bits per heavy atom. The van der Waals surface area contributed by atoms with Crippen molar-refractivity contribution in [3.63, 3.8) is 0 Å². The van der Waals surface area contributed by atoms with Crippen molar-refractivity contribution < 1.29 is 17.6 Å². The van der Waals surface area contributed by atoms with Crippen LogP contribution in [0.15, 0.2) is 41.1 Å². The first-order valence-corrected chi connectivity index (χ1v) is 8.83. The number of alkyl halides is 3. The number of halogens is 3. The topological polar surface area (TPSA) is 43.0 Å². The predicted molar refractivity (Wildman–Crippen MR) is 98.1 cm³/mol. The maximum absolute atomic E-state index is 13.2. The summed E-state index contributed by atoms with van der Waals surface area (Å²) >= 11 is 0. The lowest BCUT2D eigenvalue weighted by Gasteiger charge is -2.13. The van der Waals surface area contributed by atoms with Gasteiger partial charge < -0.3 is 9.73 Å². The first-order chi connectivity index (χ1) is 12.8. The molecule has 144 valence electrons. The van der Waals surface area contributed by atoms with Gasteiger partial charge in [-0.15, -0.1) is 0 Å². The Morgan fingerprint density at radius 1 is 1.19 bits per heavy atom. The van der Waals surface area contributed by atoms with Gasteiger partial charge in [0.25, 0.3) is 0 Å². The lowest BCUT2D eigenvalue weighted by Crippen LogP contribution is -2.11. The van der Waals surface area contributed by atoms with Gasteiger partial charge in [0.15, 0.2) is 0 Å². The Morgan fingerprint density at radius 3 is 2.59 bits per heavy atom. The highest BCUT2D eigenvalue weighted by molar-refractivity contribution is 5.52. The van der Waals surface area contributed by atoms with E-state index in [9.17, 15) is 13.2 Å². The number of hydrogen-bond acceptors (Lipinski definition) is 3. The molecule has 0 aliphatic rings. The maximum Gasteiger partial charge on any atom is 0.419 e. The summed E-state index contributed by atoms with van der Waals surface area (Å²) in [6.45, 7) is 5.62. The minimum atomic E-state index is -4.44. The van der Waals surface area contributed by atoms with Gasteiger partial charge in [0.1, 0.15) is 12.0 Å². The van der Waals surface area contributed by atoms with Gasteiger partial charge in [0, 0.05) is 12.1 Å². The van der Waals surface area contributed by atoms with E-state index >= 15 is 0 Å². The molecule has 0 aliphatic heterocycles. The molecule has 0 saturated carbocycles. The molecular formula is C20H22F3N3O. The number of hydrogen-bond donors (Lipinski definition) is 1. The number of nitrogens with zero attached hydrogens (tertiary/aromatic N) is 2. The fourth-order valence-corrected chi connectivity index (χ4v) is 3.13. The first kappa shape index (κ1) is 19.1. The molecule has 0 saturated heterocycles. The van der Waals surface area contributed by atoms with Crippen LogP contribution >= 0.6 is 0 Å². The minimum Gasteiger partial charge on any atom is -0.469 e. The number of furan rings is 1. The Balaban J connectivity index is 1.91. The molecular weight excluding hydrogens is 355 g/mol. The average Bonchev–Trinajstić information content (AvgIpc) is 3.17. The van der Waals surface area contributed by atoms with E-state index in [0.717, 1.165) is 41.7 Å². The van der Waals surface area contributed by atoms with Crippen molar-refractivity contribution in [3.05, 3.63) is 64.9 Å². The summed E-state index contributed by atoms with van der Waals surface area (Å²) in [5, 5.41) is 7.59. The smallest absolute Gasteiger partial charge is 0.419 e. The van der Waals surface area contributed by atoms with E-state index in [0.29, 0.717) is 0 Å². The zero-order valence-corrected chi connectivity index (χ0v) is 15.5. The zero-order valence-electron chi connectivity index (χ0n) is 15.5. The third-order valence-electron chi connectivity index (χ3n) is 4.56. The SMILES string of the molecule is CCCc1c(NCc2c(C(F)(F)F)coc2C)cnn1-c1ccccc1C. The Bertz CT molecular complexity index is 925. The summed E-state index contributed by atoms with van der Waals surface area (Å²) in [5.74, 6) is 0.262. The fourth-order valence-electron chi connectivity index (χ4n) is 3.13. The van der Waals surface area contributed by atoms with Crippen LogP contribution in [0.5, 0.6) is 0 Å². The molecule has 2 heterocycles. The normalized spacial score (nSPS) is 11.8. The molecule has 0 unspecified atom stereocenters. The number of aromatic nitrogens is 2. The number of aryl methyl sites for hydroxylation is 2. The number of rotatable bonds is 6.